The molecular formula is C28H31N5O2. The van der Waals surface area contributed by atoms with Crippen LogP contribution in [0.15, 0.2) is 78.9 Å². The van der Waals surface area contributed by atoms with Gasteiger partial charge >= 0.3 is 0 Å². The number of anilines is 4. The molecule has 3 aromatic carbocycles. The Kier molecular flexibility index (Phi) is 7.80. The Bertz CT molecular complexity index is 1290. The van der Waals surface area contributed by atoms with Crippen LogP contribution >= 0.6 is 0 Å². The normalized spacial score (nSPS) is 10.7. The fraction of sp³-hybridized carbons (Fsp3) is 0.214. The number of hydrogen-bond donors (Lipinski definition) is 3. The summed E-state index contributed by atoms with van der Waals surface area (Å²) < 4.78 is 5.49. The fourth-order valence-corrected chi connectivity index (χ4v) is 3.95. The Balaban J connectivity index is 1.42. The van der Waals surface area contributed by atoms with Crippen molar-refractivity contribution in [1.29, 1.82) is 0 Å². The van der Waals surface area contributed by atoms with Crippen molar-refractivity contribution >= 4 is 39.6 Å². The zero-order chi connectivity index (χ0) is 24.6. The van der Waals surface area contributed by atoms with E-state index < -0.39 is 0 Å². The zero-order valence-corrected chi connectivity index (χ0v) is 20.3. The summed E-state index contributed by atoms with van der Waals surface area (Å²) in [4.78, 5) is 19.4. The molecule has 0 aliphatic rings. The minimum atomic E-state index is -0.131. The van der Waals surface area contributed by atoms with Crippen molar-refractivity contribution in [1.82, 2.24) is 10.3 Å². The van der Waals surface area contributed by atoms with E-state index in [1.54, 1.807) is 7.11 Å². The van der Waals surface area contributed by atoms with Gasteiger partial charge in [0.25, 0.3) is 0 Å². The average molecular weight is 470 g/mol. The van der Waals surface area contributed by atoms with Crippen molar-refractivity contribution in [2.24, 2.45) is 0 Å². The van der Waals surface area contributed by atoms with Gasteiger partial charge in [-0.25, -0.2) is 0 Å². The number of carbonyl (C=O) groups excluding carboxylic acids is 1. The maximum Gasteiger partial charge on any atom is 0.238 e. The summed E-state index contributed by atoms with van der Waals surface area (Å²) in [5.74, 6) is 0.477. The van der Waals surface area contributed by atoms with Gasteiger partial charge in [-0.1, -0.05) is 36.4 Å². The van der Waals surface area contributed by atoms with Crippen LogP contribution in [0, 0.1) is 6.92 Å². The van der Waals surface area contributed by atoms with Gasteiger partial charge in [0.05, 0.1) is 30.5 Å². The van der Waals surface area contributed by atoms with E-state index in [9.17, 15) is 4.79 Å². The number of benzene rings is 3. The van der Waals surface area contributed by atoms with Crippen molar-refractivity contribution in [3.8, 4) is 5.75 Å². The SMILES string of the molecule is COc1ccc(N(C)c2cc(C)nc3ccccc23)cc1NC(=O)CNCCNc1ccccc1. The molecule has 1 aromatic heterocycles. The largest absolute Gasteiger partial charge is 0.495 e. The van der Waals surface area contributed by atoms with E-state index in [1.165, 1.54) is 0 Å². The van der Waals surface area contributed by atoms with Crippen molar-refractivity contribution < 1.29 is 9.53 Å². The molecule has 35 heavy (non-hydrogen) atoms. The summed E-state index contributed by atoms with van der Waals surface area (Å²) in [5, 5.41) is 10.5. The lowest BCUT2D eigenvalue weighted by molar-refractivity contribution is -0.115. The maximum absolute atomic E-state index is 12.6. The van der Waals surface area contributed by atoms with Gasteiger partial charge in [0.1, 0.15) is 5.75 Å². The van der Waals surface area contributed by atoms with Crippen molar-refractivity contribution in [2.45, 2.75) is 6.92 Å². The highest BCUT2D eigenvalue weighted by Crippen LogP contribution is 2.35. The van der Waals surface area contributed by atoms with Crippen LogP contribution < -0.4 is 25.6 Å². The number of aryl methyl sites for hydroxylation is 1. The molecule has 1 amide bonds. The number of carbonyl (C=O) groups is 1. The van der Waals surface area contributed by atoms with Gasteiger partial charge in [-0.05, 0) is 49.4 Å². The molecule has 3 N–H and O–H groups in total. The molecule has 7 heteroatoms. The number of pyridine rings is 1. The van der Waals surface area contributed by atoms with E-state index in [0.29, 0.717) is 18.0 Å². The van der Waals surface area contributed by atoms with Gasteiger partial charge < -0.3 is 25.6 Å². The summed E-state index contributed by atoms with van der Waals surface area (Å²) in [6.45, 7) is 3.58. The standard InChI is InChI=1S/C28H31N5O2/c1-20-17-26(23-11-7-8-12-24(23)31-20)33(2)22-13-14-27(35-3)25(18-22)32-28(34)19-29-15-16-30-21-9-5-4-6-10-21/h4-14,17-18,29-30H,15-16,19H2,1-3H3,(H,32,34). The predicted molar refractivity (Wildman–Crippen MR) is 144 cm³/mol. The molecule has 4 aromatic rings. The molecule has 7 nitrogen and oxygen atoms in total. The number of methoxy groups -OCH3 is 1. The lowest BCUT2D eigenvalue weighted by atomic mass is 10.1. The molecular weight excluding hydrogens is 438 g/mol. The average Bonchev–Trinajstić information content (AvgIpc) is 2.88. The molecule has 0 unspecified atom stereocenters. The quantitative estimate of drug-likeness (QED) is 0.285. The molecule has 0 aliphatic carbocycles. The van der Waals surface area contributed by atoms with Crippen LogP contribution in [-0.4, -0.2) is 44.7 Å². The Morgan fingerprint density at radius 1 is 0.971 bits per heavy atom. The van der Waals surface area contributed by atoms with Crippen molar-refractivity contribution in [3.05, 3.63) is 84.6 Å². The van der Waals surface area contributed by atoms with Crippen LogP contribution in [0.3, 0.4) is 0 Å². The fourth-order valence-electron chi connectivity index (χ4n) is 3.95. The summed E-state index contributed by atoms with van der Waals surface area (Å²) in [7, 11) is 3.61. The molecule has 0 spiro atoms. The van der Waals surface area contributed by atoms with E-state index in [2.05, 4.69) is 38.0 Å². The van der Waals surface area contributed by atoms with Gasteiger partial charge in [-0.3, -0.25) is 9.78 Å². The summed E-state index contributed by atoms with van der Waals surface area (Å²) in [6, 6.07) is 25.9. The molecule has 0 aliphatic heterocycles. The smallest absolute Gasteiger partial charge is 0.238 e. The molecule has 0 bridgehead atoms. The minimum absolute atomic E-state index is 0.131. The van der Waals surface area contributed by atoms with Crippen LogP contribution in [0.1, 0.15) is 5.69 Å². The van der Waals surface area contributed by atoms with Crippen molar-refractivity contribution in [2.75, 3.05) is 49.3 Å². The number of fused-ring (bicyclic) bond motifs is 1. The first kappa shape index (κ1) is 24.0. The predicted octanol–water partition coefficient (Wildman–Crippen LogP) is 4.96. The molecule has 180 valence electrons. The lowest BCUT2D eigenvalue weighted by Gasteiger charge is -2.23. The molecule has 1 heterocycles. The van der Waals surface area contributed by atoms with Crippen LogP contribution in [0.5, 0.6) is 5.75 Å². The molecule has 0 saturated heterocycles. The van der Waals surface area contributed by atoms with Gasteiger partial charge in [0, 0.05) is 42.6 Å². The van der Waals surface area contributed by atoms with Crippen LogP contribution in [-0.2, 0) is 4.79 Å². The molecule has 0 saturated carbocycles. The highest BCUT2D eigenvalue weighted by atomic mass is 16.5. The topological polar surface area (TPSA) is 78.5 Å². The highest BCUT2D eigenvalue weighted by Gasteiger charge is 2.14. The number of para-hydroxylation sites is 2. The third kappa shape index (κ3) is 6.07. The van der Waals surface area contributed by atoms with E-state index in [4.69, 9.17) is 4.74 Å². The number of ether oxygens (including phenoxy) is 1. The van der Waals surface area contributed by atoms with Gasteiger partial charge in [0.15, 0.2) is 0 Å². The van der Waals surface area contributed by atoms with E-state index >= 15 is 0 Å². The highest BCUT2D eigenvalue weighted by molar-refractivity contribution is 5.96. The number of amides is 1. The van der Waals surface area contributed by atoms with E-state index in [-0.39, 0.29) is 12.5 Å². The molecule has 0 radical (unpaired) electrons. The maximum atomic E-state index is 12.6. The van der Waals surface area contributed by atoms with Crippen molar-refractivity contribution in [3.63, 3.8) is 0 Å². The Morgan fingerprint density at radius 2 is 1.74 bits per heavy atom. The van der Waals surface area contributed by atoms with Crippen LogP contribution in [0.4, 0.5) is 22.7 Å². The van der Waals surface area contributed by atoms with Crippen LogP contribution in [0.2, 0.25) is 0 Å². The minimum Gasteiger partial charge on any atom is -0.495 e. The third-order valence-corrected chi connectivity index (χ3v) is 5.72. The van der Waals surface area contributed by atoms with Gasteiger partial charge in [-0.2, -0.15) is 0 Å². The molecule has 0 atom stereocenters. The van der Waals surface area contributed by atoms with Gasteiger partial charge in [-0.15, -0.1) is 0 Å². The van der Waals surface area contributed by atoms with Crippen LogP contribution in [0.25, 0.3) is 10.9 Å². The number of nitrogens with zero attached hydrogens (tertiary/aromatic N) is 2. The number of rotatable bonds is 10. The first-order valence-corrected chi connectivity index (χ1v) is 11.6. The summed E-state index contributed by atoms with van der Waals surface area (Å²) in [5.41, 5.74) is 5.55. The monoisotopic (exact) mass is 469 g/mol. The summed E-state index contributed by atoms with van der Waals surface area (Å²) >= 11 is 0. The molecule has 0 fully saturated rings. The zero-order valence-electron chi connectivity index (χ0n) is 20.3. The number of nitrogens with one attached hydrogen (secondary N) is 3. The first-order valence-electron chi connectivity index (χ1n) is 11.6. The van der Waals surface area contributed by atoms with E-state index in [0.717, 1.165) is 40.2 Å². The Hall–Kier alpha value is -4.10. The Morgan fingerprint density at radius 3 is 2.54 bits per heavy atom. The second kappa shape index (κ2) is 11.4. The lowest BCUT2D eigenvalue weighted by Crippen LogP contribution is -2.31. The number of hydrogen-bond acceptors (Lipinski definition) is 6. The summed E-state index contributed by atoms with van der Waals surface area (Å²) in [6.07, 6.45) is 0. The Labute approximate surface area is 206 Å². The van der Waals surface area contributed by atoms with E-state index in [1.807, 2.05) is 80.7 Å². The third-order valence-electron chi connectivity index (χ3n) is 5.72. The second-order valence-corrected chi connectivity index (χ2v) is 8.26. The second-order valence-electron chi connectivity index (χ2n) is 8.26. The number of aromatic nitrogens is 1. The van der Waals surface area contributed by atoms with Gasteiger partial charge in [0.2, 0.25) is 5.91 Å². The first-order chi connectivity index (χ1) is 17.0. The molecule has 4 rings (SSSR count).